The number of aliphatic imine (C=N–C) groups is 1. The number of guanidine groups is 1. The lowest BCUT2D eigenvalue weighted by molar-refractivity contribution is 0.572. The maximum atomic E-state index is 14.1. The van der Waals surface area contributed by atoms with Gasteiger partial charge in [0.05, 0.1) is 6.54 Å². The number of nitrogens with one attached hydrogen (secondary N) is 2. The van der Waals surface area contributed by atoms with Crippen LogP contribution in [0, 0.1) is 5.82 Å². The number of rotatable bonds is 7. The zero-order valence-electron chi connectivity index (χ0n) is 14.6. The van der Waals surface area contributed by atoms with Crippen molar-refractivity contribution in [2.75, 3.05) is 19.6 Å². The highest BCUT2D eigenvalue weighted by molar-refractivity contribution is 5.79. The molecule has 1 aliphatic rings. The van der Waals surface area contributed by atoms with Gasteiger partial charge in [-0.05, 0) is 49.4 Å². The summed E-state index contributed by atoms with van der Waals surface area (Å²) in [6, 6.07) is 11.1. The molecule has 1 saturated carbocycles. The molecule has 1 fully saturated rings. The Kier molecular flexibility index (Phi) is 5.64. The van der Waals surface area contributed by atoms with Gasteiger partial charge in [-0.15, -0.1) is 0 Å². The van der Waals surface area contributed by atoms with Gasteiger partial charge in [-0.3, -0.25) is 9.98 Å². The zero-order chi connectivity index (χ0) is 17.5. The van der Waals surface area contributed by atoms with E-state index in [9.17, 15) is 4.39 Å². The van der Waals surface area contributed by atoms with E-state index in [0.29, 0.717) is 6.54 Å². The maximum absolute atomic E-state index is 14.1. The standard InChI is InChI=1S/C20H25FN4/c1-2-23-19(24-13-9-16-6-5-12-22-14-16)25-15-20(10-11-20)17-7-3-4-8-18(17)21/h3-8,12,14H,2,9-11,13,15H2,1H3,(H2,23,24,25). The van der Waals surface area contributed by atoms with Crippen LogP contribution in [0.4, 0.5) is 4.39 Å². The number of aromatic nitrogens is 1. The molecule has 0 atom stereocenters. The first kappa shape index (κ1) is 17.4. The Morgan fingerprint density at radius 3 is 2.72 bits per heavy atom. The number of halogens is 1. The molecule has 0 radical (unpaired) electrons. The van der Waals surface area contributed by atoms with Gasteiger partial charge >= 0.3 is 0 Å². The Labute approximate surface area is 148 Å². The van der Waals surface area contributed by atoms with Crippen LogP contribution in [0.25, 0.3) is 0 Å². The molecule has 0 spiro atoms. The van der Waals surface area contributed by atoms with Crippen molar-refractivity contribution >= 4 is 5.96 Å². The predicted octanol–water partition coefficient (Wildman–Crippen LogP) is 3.05. The van der Waals surface area contributed by atoms with Crippen LogP contribution in [0.1, 0.15) is 30.9 Å². The van der Waals surface area contributed by atoms with Crippen LogP contribution in [-0.2, 0) is 11.8 Å². The largest absolute Gasteiger partial charge is 0.357 e. The van der Waals surface area contributed by atoms with Crippen LogP contribution in [0.2, 0.25) is 0 Å². The number of nitrogens with zero attached hydrogens (tertiary/aromatic N) is 2. The highest BCUT2D eigenvalue weighted by Crippen LogP contribution is 2.49. The number of pyridine rings is 1. The van der Waals surface area contributed by atoms with Crippen LogP contribution in [-0.4, -0.2) is 30.6 Å². The lowest BCUT2D eigenvalue weighted by atomic mass is 9.95. The second kappa shape index (κ2) is 8.10. The lowest BCUT2D eigenvalue weighted by Crippen LogP contribution is -2.39. The zero-order valence-corrected chi connectivity index (χ0v) is 14.6. The highest BCUT2D eigenvalue weighted by Gasteiger charge is 2.45. The molecule has 2 N–H and O–H groups in total. The van der Waals surface area contributed by atoms with Gasteiger partial charge in [0.2, 0.25) is 0 Å². The second-order valence-electron chi connectivity index (χ2n) is 6.49. The van der Waals surface area contributed by atoms with Crippen molar-refractivity contribution in [1.82, 2.24) is 15.6 Å². The van der Waals surface area contributed by atoms with Crippen molar-refractivity contribution in [3.63, 3.8) is 0 Å². The van der Waals surface area contributed by atoms with E-state index in [4.69, 9.17) is 4.99 Å². The Morgan fingerprint density at radius 2 is 2.04 bits per heavy atom. The van der Waals surface area contributed by atoms with Gasteiger partial charge in [-0.25, -0.2) is 4.39 Å². The van der Waals surface area contributed by atoms with E-state index in [1.165, 1.54) is 11.6 Å². The van der Waals surface area contributed by atoms with Gasteiger partial charge in [-0.2, -0.15) is 0 Å². The van der Waals surface area contributed by atoms with Crippen LogP contribution >= 0.6 is 0 Å². The maximum Gasteiger partial charge on any atom is 0.191 e. The molecule has 132 valence electrons. The molecular weight excluding hydrogens is 315 g/mol. The Bertz CT molecular complexity index is 711. The van der Waals surface area contributed by atoms with E-state index in [-0.39, 0.29) is 11.2 Å². The molecule has 0 amide bonds. The molecule has 0 bridgehead atoms. The molecule has 1 aromatic carbocycles. The topological polar surface area (TPSA) is 49.3 Å². The van der Waals surface area contributed by atoms with Crippen molar-refractivity contribution in [2.45, 2.75) is 31.6 Å². The molecule has 4 nitrogen and oxygen atoms in total. The monoisotopic (exact) mass is 340 g/mol. The van der Waals surface area contributed by atoms with Crippen molar-refractivity contribution in [3.8, 4) is 0 Å². The van der Waals surface area contributed by atoms with Crippen LogP contribution < -0.4 is 10.6 Å². The van der Waals surface area contributed by atoms with E-state index in [1.807, 2.05) is 31.3 Å². The quantitative estimate of drug-likeness (QED) is 0.602. The van der Waals surface area contributed by atoms with Gasteiger partial charge in [0.1, 0.15) is 5.82 Å². The average molecular weight is 340 g/mol. The molecule has 0 aliphatic heterocycles. The van der Waals surface area contributed by atoms with Crippen molar-refractivity contribution in [2.24, 2.45) is 4.99 Å². The van der Waals surface area contributed by atoms with E-state index in [1.54, 1.807) is 12.3 Å². The first-order valence-electron chi connectivity index (χ1n) is 8.90. The van der Waals surface area contributed by atoms with Gasteiger partial charge in [0.15, 0.2) is 5.96 Å². The molecular formula is C20H25FN4. The predicted molar refractivity (Wildman–Crippen MR) is 99.2 cm³/mol. The second-order valence-corrected chi connectivity index (χ2v) is 6.49. The van der Waals surface area contributed by atoms with Crippen LogP contribution in [0.15, 0.2) is 53.8 Å². The number of hydrogen-bond acceptors (Lipinski definition) is 2. The third-order valence-electron chi connectivity index (χ3n) is 4.61. The van der Waals surface area contributed by atoms with Crippen LogP contribution in [0.3, 0.4) is 0 Å². The first-order chi connectivity index (χ1) is 12.2. The average Bonchev–Trinajstić information content (AvgIpc) is 3.42. The van der Waals surface area contributed by atoms with E-state index >= 15 is 0 Å². The summed E-state index contributed by atoms with van der Waals surface area (Å²) in [5.41, 5.74) is 1.86. The fourth-order valence-electron chi connectivity index (χ4n) is 3.00. The van der Waals surface area contributed by atoms with Crippen LogP contribution in [0.5, 0.6) is 0 Å². The fourth-order valence-corrected chi connectivity index (χ4v) is 3.00. The normalized spacial score (nSPS) is 15.7. The molecule has 1 aromatic heterocycles. The summed E-state index contributed by atoms with van der Waals surface area (Å²) >= 11 is 0. The molecule has 5 heteroatoms. The van der Waals surface area contributed by atoms with Gasteiger partial charge in [-0.1, -0.05) is 24.3 Å². The van der Waals surface area contributed by atoms with E-state index < -0.39 is 0 Å². The van der Waals surface area contributed by atoms with Crippen molar-refractivity contribution in [1.29, 1.82) is 0 Å². The van der Waals surface area contributed by atoms with Gasteiger partial charge < -0.3 is 10.6 Å². The molecule has 1 aliphatic carbocycles. The molecule has 0 saturated heterocycles. The molecule has 25 heavy (non-hydrogen) atoms. The van der Waals surface area contributed by atoms with E-state index in [0.717, 1.165) is 43.9 Å². The summed E-state index contributed by atoms with van der Waals surface area (Å²) in [4.78, 5) is 8.84. The smallest absolute Gasteiger partial charge is 0.191 e. The summed E-state index contributed by atoms with van der Waals surface area (Å²) in [6.07, 6.45) is 6.53. The van der Waals surface area contributed by atoms with Crippen molar-refractivity contribution < 1.29 is 4.39 Å². The third-order valence-corrected chi connectivity index (χ3v) is 4.61. The Morgan fingerprint density at radius 1 is 1.20 bits per heavy atom. The minimum absolute atomic E-state index is 0.121. The summed E-state index contributed by atoms with van der Waals surface area (Å²) < 4.78 is 14.1. The summed E-state index contributed by atoms with van der Waals surface area (Å²) in [6.45, 7) is 4.23. The summed E-state index contributed by atoms with van der Waals surface area (Å²) in [7, 11) is 0. The fraction of sp³-hybridized carbons (Fsp3) is 0.400. The summed E-state index contributed by atoms with van der Waals surface area (Å²) in [5, 5.41) is 6.62. The highest BCUT2D eigenvalue weighted by atomic mass is 19.1. The van der Waals surface area contributed by atoms with Gasteiger partial charge in [0, 0.05) is 30.9 Å². The van der Waals surface area contributed by atoms with Gasteiger partial charge in [0.25, 0.3) is 0 Å². The Balaban J connectivity index is 1.59. The Hall–Kier alpha value is -2.43. The molecule has 2 aromatic rings. The third kappa shape index (κ3) is 4.56. The molecule has 3 rings (SSSR count). The van der Waals surface area contributed by atoms with E-state index in [2.05, 4.69) is 21.7 Å². The SMILES string of the molecule is CCNC(=NCC1(c2ccccc2F)CC1)NCCc1cccnc1. The molecule has 1 heterocycles. The lowest BCUT2D eigenvalue weighted by Gasteiger charge is -2.16. The molecule has 0 unspecified atom stereocenters. The minimum atomic E-state index is -0.128. The van der Waals surface area contributed by atoms with Crippen molar-refractivity contribution in [3.05, 3.63) is 65.7 Å². The number of benzene rings is 1. The minimum Gasteiger partial charge on any atom is -0.357 e. The summed E-state index contributed by atoms with van der Waals surface area (Å²) in [5.74, 6) is 0.666. The number of hydrogen-bond donors (Lipinski definition) is 2. The first-order valence-corrected chi connectivity index (χ1v) is 8.90.